The van der Waals surface area contributed by atoms with E-state index in [9.17, 15) is 0 Å². The van der Waals surface area contributed by atoms with Crippen LogP contribution in [0, 0.1) is 0 Å². The van der Waals surface area contributed by atoms with E-state index in [0.717, 1.165) is 29.5 Å². The first-order valence-electron chi connectivity index (χ1n) is 6.80. The fourth-order valence-electron chi connectivity index (χ4n) is 2.60. The van der Waals surface area contributed by atoms with Crippen molar-refractivity contribution < 1.29 is 0 Å². The van der Waals surface area contributed by atoms with Crippen molar-refractivity contribution in [1.82, 2.24) is 19.6 Å². The van der Waals surface area contributed by atoms with Gasteiger partial charge < -0.3 is 0 Å². The van der Waals surface area contributed by atoms with Gasteiger partial charge in [-0.3, -0.25) is 0 Å². The number of hydrogen-bond donors (Lipinski definition) is 0. The molecule has 100 valence electrons. The molecule has 5 heteroatoms. The van der Waals surface area contributed by atoms with Crippen LogP contribution in [0.2, 0.25) is 0 Å². The van der Waals surface area contributed by atoms with Crippen molar-refractivity contribution in [2.24, 2.45) is 0 Å². The quantitative estimate of drug-likeness (QED) is 0.693. The average molecular weight is 282 g/mol. The zero-order valence-electron chi connectivity index (χ0n) is 11.0. The fourth-order valence-corrected chi connectivity index (χ4v) is 3.37. The van der Waals surface area contributed by atoms with Gasteiger partial charge in [0.25, 0.3) is 5.78 Å². The second kappa shape index (κ2) is 4.90. The Morgan fingerprint density at radius 1 is 1.15 bits per heavy atom. The number of thioether (sulfide) groups is 1. The number of nitrogens with zero attached hydrogens (tertiary/aromatic N) is 4. The lowest BCUT2D eigenvalue weighted by Gasteiger charge is -1.99. The summed E-state index contributed by atoms with van der Waals surface area (Å²) in [6.45, 7) is 0. The number of rotatable bonds is 3. The smallest absolute Gasteiger partial charge is 0.219 e. The molecule has 0 atom stereocenters. The Morgan fingerprint density at radius 3 is 2.95 bits per heavy atom. The number of aromatic nitrogens is 4. The Kier molecular flexibility index (Phi) is 2.92. The molecule has 0 unspecified atom stereocenters. The summed E-state index contributed by atoms with van der Waals surface area (Å²) in [5.41, 5.74) is 3.89. The van der Waals surface area contributed by atoms with E-state index in [0.29, 0.717) is 0 Å². The second-order valence-corrected chi connectivity index (χ2v) is 5.91. The molecule has 1 aromatic carbocycles. The number of fused-ring (bicyclic) bond motifs is 3. The van der Waals surface area contributed by atoms with E-state index in [2.05, 4.69) is 39.3 Å². The van der Waals surface area contributed by atoms with Crippen molar-refractivity contribution in [3.63, 3.8) is 0 Å². The van der Waals surface area contributed by atoms with E-state index in [-0.39, 0.29) is 0 Å². The number of hydrogen-bond acceptors (Lipinski definition) is 4. The predicted molar refractivity (Wildman–Crippen MR) is 78.8 cm³/mol. The van der Waals surface area contributed by atoms with Crippen molar-refractivity contribution in [3.8, 4) is 0 Å². The molecular weight excluding hydrogens is 268 g/mol. The average Bonchev–Trinajstić information content (AvgIpc) is 3.11. The van der Waals surface area contributed by atoms with Gasteiger partial charge in [0.2, 0.25) is 5.16 Å². The van der Waals surface area contributed by atoms with E-state index >= 15 is 0 Å². The van der Waals surface area contributed by atoms with Crippen LogP contribution in [0.1, 0.15) is 23.2 Å². The Morgan fingerprint density at radius 2 is 2.05 bits per heavy atom. The maximum absolute atomic E-state index is 4.61. The Hall–Kier alpha value is -1.88. The van der Waals surface area contributed by atoms with Crippen LogP contribution in [0.25, 0.3) is 5.78 Å². The largest absolute Gasteiger partial charge is 0.253 e. The maximum Gasteiger partial charge on any atom is 0.253 e. The maximum atomic E-state index is 4.61. The molecule has 0 bridgehead atoms. The molecule has 0 saturated carbocycles. The Bertz CT molecular complexity index is 751. The van der Waals surface area contributed by atoms with Gasteiger partial charge in [0, 0.05) is 11.9 Å². The first-order valence-corrected chi connectivity index (χ1v) is 7.79. The van der Waals surface area contributed by atoms with E-state index in [1.807, 2.05) is 16.8 Å². The minimum atomic E-state index is 0.723. The first kappa shape index (κ1) is 11.9. The van der Waals surface area contributed by atoms with Crippen LogP contribution in [-0.4, -0.2) is 19.6 Å². The standard InChI is InChI=1S/C15H14N4S/c1-2-5-11(6-3-1)10-20-15-17-14-16-9-12-7-4-8-13(12)19(14)18-15/h1-3,5-6,9H,4,7-8,10H2. The van der Waals surface area contributed by atoms with Gasteiger partial charge in [0.05, 0.1) is 5.69 Å². The predicted octanol–water partition coefficient (Wildman–Crippen LogP) is 2.91. The van der Waals surface area contributed by atoms with Crippen molar-refractivity contribution >= 4 is 17.5 Å². The Balaban J connectivity index is 1.62. The minimum absolute atomic E-state index is 0.723. The van der Waals surface area contributed by atoms with Crippen LogP contribution in [0.15, 0.2) is 41.7 Å². The van der Waals surface area contributed by atoms with Gasteiger partial charge in [-0.1, -0.05) is 42.1 Å². The molecule has 0 saturated heterocycles. The molecule has 0 amide bonds. The summed E-state index contributed by atoms with van der Waals surface area (Å²) in [5, 5.41) is 5.41. The lowest BCUT2D eigenvalue weighted by Crippen LogP contribution is -1.99. The third-order valence-electron chi connectivity index (χ3n) is 3.60. The summed E-state index contributed by atoms with van der Waals surface area (Å²) in [6, 6.07) is 10.4. The van der Waals surface area contributed by atoms with Gasteiger partial charge in [0.15, 0.2) is 0 Å². The van der Waals surface area contributed by atoms with Crippen LogP contribution in [0.3, 0.4) is 0 Å². The number of aryl methyl sites for hydroxylation is 2. The molecule has 0 radical (unpaired) electrons. The number of benzene rings is 1. The molecular formula is C15H14N4S. The molecule has 0 spiro atoms. The Labute approximate surface area is 121 Å². The SMILES string of the molecule is c1ccc(CSc2nc3ncc4c(n3n2)CCC4)cc1. The molecule has 20 heavy (non-hydrogen) atoms. The topological polar surface area (TPSA) is 43.1 Å². The fraction of sp³-hybridized carbons (Fsp3) is 0.267. The summed E-state index contributed by atoms with van der Waals surface area (Å²) >= 11 is 1.66. The lowest BCUT2D eigenvalue weighted by molar-refractivity contribution is 0.809. The molecule has 2 heterocycles. The minimum Gasteiger partial charge on any atom is -0.219 e. The third-order valence-corrected chi connectivity index (χ3v) is 4.51. The molecule has 2 aromatic heterocycles. The van der Waals surface area contributed by atoms with Gasteiger partial charge >= 0.3 is 0 Å². The highest BCUT2D eigenvalue weighted by molar-refractivity contribution is 7.98. The molecule has 1 aliphatic carbocycles. The van der Waals surface area contributed by atoms with Gasteiger partial charge in [-0.05, 0) is 30.4 Å². The molecule has 0 fully saturated rings. The second-order valence-electron chi connectivity index (χ2n) is 4.96. The zero-order valence-corrected chi connectivity index (χ0v) is 11.8. The van der Waals surface area contributed by atoms with Crippen LogP contribution < -0.4 is 0 Å². The molecule has 1 aliphatic rings. The van der Waals surface area contributed by atoms with Crippen molar-refractivity contribution in [3.05, 3.63) is 53.3 Å². The van der Waals surface area contributed by atoms with Crippen molar-refractivity contribution in [1.29, 1.82) is 0 Å². The van der Waals surface area contributed by atoms with E-state index in [4.69, 9.17) is 0 Å². The normalized spacial score (nSPS) is 13.8. The molecule has 4 rings (SSSR count). The summed E-state index contributed by atoms with van der Waals surface area (Å²) < 4.78 is 1.93. The zero-order chi connectivity index (χ0) is 13.4. The summed E-state index contributed by atoms with van der Waals surface area (Å²) in [4.78, 5) is 8.91. The van der Waals surface area contributed by atoms with Gasteiger partial charge in [-0.25, -0.2) is 4.98 Å². The van der Waals surface area contributed by atoms with Crippen LogP contribution >= 0.6 is 11.8 Å². The molecule has 0 aliphatic heterocycles. The van der Waals surface area contributed by atoms with Gasteiger partial charge in [0.1, 0.15) is 0 Å². The highest BCUT2D eigenvalue weighted by Crippen LogP contribution is 2.24. The summed E-state index contributed by atoms with van der Waals surface area (Å²) in [7, 11) is 0. The van der Waals surface area contributed by atoms with Gasteiger partial charge in [-0.2, -0.15) is 9.50 Å². The highest BCUT2D eigenvalue weighted by atomic mass is 32.2. The third kappa shape index (κ3) is 2.08. The monoisotopic (exact) mass is 282 g/mol. The molecule has 0 N–H and O–H groups in total. The highest BCUT2D eigenvalue weighted by Gasteiger charge is 2.17. The van der Waals surface area contributed by atoms with E-state index in [1.165, 1.54) is 23.2 Å². The summed E-state index contributed by atoms with van der Waals surface area (Å²) in [6.07, 6.45) is 5.35. The van der Waals surface area contributed by atoms with E-state index in [1.54, 1.807) is 11.8 Å². The van der Waals surface area contributed by atoms with Crippen LogP contribution in [-0.2, 0) is 18.6 Å². The molecule has 4 nitrogen and oxygen atoms in total. The van der Waals surface area contributed by atoms with Gasteiger partial charge in [-0.15, -0.1) is 5.10 Å². The van der Waals surface area contributed by atoms with E-state index < -0.39 is 0 Å². The summed E-state index contributed by atoms with van der Waals surface area (Å²) in [5.74, 6) is 1.61. The molecule has 3 aromatic rings. The first-order chi connectivity index (χ1) is 9.90. The van der Waals surface area contributed by atoms with Crippen molar-refractivity contribution in [2.75, 3.05) is 0 Å². The van der Waals surface area contributed by atoms with Crippen LogP contribution in [0.5, 0.6) is 0 Å². The van der Waals surface area contributed by atoms with Crippen molar-refractivity contribution in [2.45, 2.75) is 30.2 Å². The lowest BCUT2D eigenvalue weighted by atomic mass is 10.2. The van der Waals surface area contributed by atoms with Crippen LogP contribution in [0.4, 0.5) is 0 Å².